The van der Waals surface area contributed by atoms with Crippen LogP contribution in [0.5, 0.6) is 0 Å². The number of carbonyl (C=O) groups is 2. The summed E-state index contributed by atoms with van der Waals surface area (Å²) in [6.45, 7) is 2.05. The summed E-state index contributed by atoms with van der Waals surface area (Å²) in [5.41, 5.74) is 0.890. The third-order valence-corrected chi connectivity index (χ3v) is 2.84. The molecule has 1 saturated heterocycles. The molecule has 1 atom stereocenters. The largest absolute Gasteiger partial charge is 0.446 e. The minimum Gasteiger partial charge on any atom is -0.446 e. The zero-order valence-corrected chi connectivity index (χ0v) is 10.7. The van der Waals surface area contributed by atoms with Crippen LogP contribution in [-0.2, 0) is 9.53 Å². The highest BCUT2D eigenvalue weighted by Crippen LogP contribution is 2.27. The summed E-state index contributed by atoms with van der Waals surface area (Å²) < 4.78 is 4.97. The number of rotatable bonds is 3. The molecule has 1 aliphatic rings. The number of amides is 2. The zero-order chi connectivity index (χ0) is 13.7. The van der Waals surface area contributed by atoms with Gasteiger partial charge in [0, 0.05) is 6.08 Å². The van der Waals surface area contributed by atoms with Crippen LogP contribution in [0.25, 0.3) is 0 Å². The number of cyclic esters (lactones) is 1. The second-order valence-electron chi connectivity index (χ2n) is 4.10. The number of hydrogen-bond donors (Lipinski definition) is 0. The standard InChI is InChI=1S/C15H15NO3/c1-2-3-5-10-14(17)16-13(11-19-15(16)18)12-8-6-4-7-9-12/h2-10,13H,11H2,1H3/b3-2+,10-5+/t13-/m0/s1. The van der Waals surface area contributed by atoms with Crippen molar-refractivity contribution < 1.29 is 14.3 Å². The first-order valence-corrected chi connectivity index (χ1v) is 6.08. The van der Waals surface area contributed by atoms with Crippen molar-refractivity contribution in [1.29, 1.82) is 0 Å². The van der Waals surface area contributed by atoms with Crippen molar-refractivity contribution in [2.75, 3.05) is 6.61 Å². The van der Waals surface area contributed by atoms with E-state index in [1.165, 1.54) is 6.08 Å². The Morgan fingerprint density at radius 3 is 2.74 bits per heavy atom. The van der Waals surface area contributed by atoms with E-state index in [0.717, 1.165) is 10.5 Å². The van der Waals surface area contributed by atoms with Crippen LogP contribution in [0.1, 0.15) is 18.5 Å². The van der Waals surface area contributed by atoms with Gasteiger partial charge in [0.15, 0.2) is 0 Å². The number of allylic oxidation sites excluding steroid dienone is 3. The van der Waals surface area contributed by atoms with Crippen LogP contribution in [0.2, 0.25) is 0 Å². The molecule has 1 aliphatic heterocycles. The Balaban J connectivity index is 2.21. The zero-order valence-electron chi connectivity index (χ0n) is 10.7. The Morgan fingerprint density at radius 2 is 2.05 bits per heavy atom. The summed E-state index contributed by atoms with van der Waals surface area (Å²) in [6.07, 6.45) is 5.92. The third kappa shape index (κ3) is 2.91. The van der Waals surface area contributed by atoms with Crippen molar-refractivity contribution in [3.63, 3.8) is 0 Å². The monoisotopic (exact) mass is 257 g/mol. The van der Waals surface area contributed by atoms with Crippen molar-refractivity contribution in [3.8, 4) is 0 Å². The van der Waals surface area contributed by atoms with Gasteiger partial charge in [-0.15, -0.1) is 0 Å². The lowest BCUT2D eigenvalue weighted by molar-refractivity contribution is -0.124. The molecule has 1 heterocycles. The second-order valence-corrected chi connectivity index (χ2v) is 4.10. The highest BCUT2D eigenvalue weighted by Gasteiger charge is 2.37. The van der Waals surface area contributed by atoms with Gasteiger partial charge in [0.05, 0.1) is 0 Å². The van der Waals surface area contributed by atoms with Crippen LogP contribution in [0.15, 0.2) is 54.6 Å². The van der Waals surface area contributed by atoms with Crippen molar-refractivity contribution in [1.82, 2.24) is 4.90 Å². The molecule has 0 N–H and O–H groups in total. The van der Waals surface area contributed by atoms with Crippen LogP contribution in [0.3, 0.4) is 0 Å². The normalized spacial score (nSPS) is 19.3. The fraction of sp³-hybridized carbons (Fsp3) is 0.200. The Kier molecular flexibility index (Phi) is 4.13. The number of nitrogens with zero attached hydrogens (tertiary/aromatic N) is 1. The predicted octanol–water partition coefficient (Wildman–Crippen LogP) is 2.84. The van der Waals surface area contributed by atoms with Crippen molar-refractivity contribution in [3.05, 3.63) is 60.2 Å². The summed E-state index contributed by atoms with van der Waals surface area (Å²) in [5, 5.41) is 0. The summed E-state index contributed by atoms with van der Waals surface area (Å²) in [6, 6.07) is 9.04. The minimum absolute atomic E-state index is 0.200. The molecule has 0 aliphatic carbocycles. The molecule has 0 unspecified atom stereocenters. The van der Waals surface area contributed by atoms with E-state index in [0.29, 0.717) is 0 Å². The molecule has 4 nitrogen and oxygen atoms in total. The summed E-state index contributed by atoms with van der Waals surface area (Å²) in [5.74, 6) is -0.366. The van der Waals surface area contributed by atoms with Crippen LogP contribution in [0.4, 0.5) is 4.79 Å². The number of benzene rings is 1. The van der Waals surface area contributed by atoms with Gasteiger partial charge >= 0.3 is 6.09 Å². The first-order chi connectivity index (χ1) is 9.24. The van der Waals surface area contributed by atoms with Gasteiger partial charge in [-0.3, -0.25) is 4.79 Å². The lowest BCUT2D eigenvalue weighted by Crippen LogP contribution is -2.32. The lowest BCUT2D eigenvalue weighted by Gasteiger charge is -2.18. The minimum atomic E-state index is -0.594. The quantitative estimate of drug-likeness (QED) is 0.618. The van der Waals surface area contributed by atoms with Gasteiger partial charge in [0.2, 0.25) is 0 Å². The molecule has 0 spiro atoms. The van der Waals surface area contributed by atoms with E-state index in [-0.39, 0.29) is 18.6 Å². The summed E-state index contributed by atoms with van der Waals surface area (Å²) in [4.78, 5) is 24.8. The molecular weight excluding hydrogens is 242 g/mol. The van der Waals surface area contributed by atoms with E-state index in [1.54, 1.807) is 18.2 Å². The van der Waals surface area contributed by atoms with E-state index in [9.17, 15) is 9.59 Å². The molecule has 1 aromatic carbocycles. The maximum Gasteiger partial charge on any atom is 0.417 e. The van der Waals surface area contributed by atoms with Crippen molar-refractivity contribution >= 4 is 12.0 Å². The topological polar surface area (TPSA) is 46.6 Å². The molecular formula is C15H15NO3. The Hall–Kier alpha value is -2.36. The van der Waals surface area contributed by atoms with E-state index < -0.39 is 6.09 Å². The smallest absolute Gasteiger partial charge is 0.417 e. The lowest BCUT2D eigenvalue weighted by atomic mass is 10.1. The van der Waals surface area contributed by atoms with Crippen molar-refractivity contribution in [2.45, 2.75) is 13.0 Å². The molecule has 1 aromatic rings. The van der Waals surface area contributed by atoms with E-state index >= 15 is 0 Å². The maximum absolute atomic E-state index is 12.0. The molecule has 19 heavy (non-hydrogen) atoms. The van der Waals surface area contributed by atoms with E-state index in [2.05, 4.69) is 0 Å². The Labute approximate surface area is 112 Å². The predicted molar refractivity (Wildman–Crippen MR) is 71.3 cm³/mol. The van der Waals surface area contributed by atoms with Crippen LogP contribution in [-0.4, -0.2) is 23.5 Å². The number of hydrogen-bond acceptors (Lipinski definition) is 3. The fourth-order valence-electron chi connectivity index (χ4n) is 1.91. The molecule has 2 rings (SSSR count). The average molecular weight is 257 g/mol. The van der Waals surface area contributed by atoms with Gasteiger partial charge in [-0.1, -0.05) is 48.6 Å². The summed E-state index contributed by atoms with van der Waals surface area (Å²) >= 11 is 0. The number of carbonyl (C=O) groups excluding carboxylic acids is 2. The molecule has 1 fully saturated rings. The Morgan fingerprint density at radius 1 is 1.32 bits per heavy atom. The van der Waals surface area contributed by atoms with Gasteiger partial charge in [-0.25, -0.2) is 9.69 Å². The Bertz CT molecular complexity index is 519. The van der Waals surface area contributed by atoms with Gasteiger partial charge in [0.25, 0.3) is 5.91 Å². The first-order valence-electron chi connectivity index (χ1n) is 6.08. The maximum atomic E-state index is 12.0. The molecule has 0 saturated carbocycles. The van der Waals surface area contributed by atoms with Crippen LogP contribution in [0, 0.1) is 0 Å². The van der Waals surface area contributed by atoms with Crippen LogP contribution >= 0.6 is 0 Å². The fourth-order valence-corrected chi connectivity index (χ4v) is 1.91. The summed E-state index contributed by atoms with van der Waals surface area (Å²) in [7, 11) is 0. The van der Waals surface area contributed by atoms with E-state index in [4.69, 9.17) is 4.74 Å². The first kappa shape index (κ1) is 13.1. The average Bonchev–Trinajstić information content (AvgIpc) is 2.82. The van der Waals surface area contributed by atoms with E-state index in [1.807, 2.05) is 37.3 Å². The van der Waals surface area contributed by atoms with Crippen molar-refractivity contribution in [2.24, 2.45) is 0 Å². The number of ether oxygens (including phenoxy) is 1. The highest BCUT2D eigenvalue weighted by molar-refractivity contribution is 6.00. The molecule has 2 amide bonds. The number of imide groups is 1. The second kappa shape index (κ2) is 6.00. The van der Waals surface area contributed by atoms with Gasteiger partial charge in [-0.2, -0.15) is 0 Å². The van der Waals surface area contributed by atoms with Gasteiger partial charge in [0.1, 0.15) is 12.6 Å². The molecule has 0 aromatic heterocycles. The third-order valence-electron chi connectivity index (χ3n) is 2.84. The molecule has 0 bridgehead atoms. The highest BCUT2D eigenvalue weighted by atomic mass is 16.6. The molecule has 98 valence electrons. The SMILES string of the molecule is C/C=C/C=C/C(=O)N1C(=O)OC[C@H]1c1ccccc1. The van der Waals surface area contributed by atoms with Gasteiger partial charge < -0.3 is 4.74 Å². The molecule has 4 heteroatoms. The van der Waals surface area contributed by atoms with Gasteiger partial charge in [-0.05, 0) is 12.5 Å². The van der Waals surface area contributed by atoms with Crippen LogP contribution < -0.4 is 0 Å². The molecule has 0 radical (unpaired) electrons.